The Hall–Kier alpha value is 0.871. The number of hydrogen-bond donors (Lipinski definition) is 0. The summed E-state index contributed by atoms with van der Waals surface area (Å²) in [5.74, 6) is 1.56. The van der Waals surface area contributed by atoms with Crippen LogP contribution in [-0.2, 0) is 0 Å². The maximum absolute atomic E-state index is 6.07. The fourth-order valence-electron chi connectivity index (χ4n) is 1.51. The SMILES string of the molecule is COc1[c-]cccc1.COc1ccccc1[Si](C)(Cl)Cl.C[Si](Cl)(Cl)Cl.S.[Li+]. The van der Waals surface area contributed by atoms with Gasteiger partial charge < -0.3 is 9.47 Å². The van der Waals surface area contributed by atoms with Gasteiger partial charge in [0.15, 0.2) is 0 Å². The second-order valence-electron chi connectivity index (χ2n) is 4.80. The van der Waals surface area contributed by atoms with Gasteiger partial charge in [-0.1, -0.05) is 18.2 Å². The van der Waals surface area contributed by atoms with E-state index in [2.05, 4.69) is 6.07 Å². The van der Waals surface area contributed by atoms with Crippen molar-refractivity contribution in [3.05, 3.63) is 54.6 Å². The Morgan fingerprint density at radius 1 is 0.815 bits per heavy atom. The van der Waals surface area contributed by atoms with Gasteiger partial charge in [0.2, 0.25) is 0 Å². The minimum absolute atomic E-state index is 0. The molecule has 0 saturated carbocycles. The smallest absolute Gasteiger partial charge is 0.523 e. The summed E-state index contributed by atoms with van der Waals surface area (Å²) < 4.78 is 10.00. The Balaban J connectivity index is -0.000000337. The molecule has 0 unspecified atom stereocenters. The van der Waals surface area contributed by atoms with Crippen molar-refractivity contribution in [2.45, 2.75) is 13.1 Å². The van der Waals surface area contributed by atoms with Gasteiger partial charge in [-0.3, -0.25) is 0 Å². The molecule has 0 N–H and O–H groups in total. The van der Waals surface area contributed by atoms with E-state index < -0.39 is 12.7 Å². The number of benzene rings is 2. The number of methoxy groups -OCH3 is 2. The molecule has 11 heteroatoms. The summed E-state index contributed by atoms with van der Waals surface area (Å²) in [6.45, 7) is 1.20. The number of hydrogen-bond acceptors (Lipinski definition) is 2. The zero-order valence-electron chi connectivity index (χ0n) is 15.8. The summed E-state index contributed by atoms with van der Waals surface area (Å²) >= 11 is 27.7. The van der Waals surface area contributed by atoms with E-state index in [-0.39, 0.29) is 32.4 Å². The largest absolute Gasteiger partial charge is 1.00 e. The minimum atomic E-state index is -2.28. The summed E-state index contributed by atoms with van der Waals surface area (Å²) in [7, 11) is 3.25. The maximum Gasteiger partial charge on any atom is 1.00 e. The van der Waals surface area contributed by atoms with Crippen molar-refractivity contribution in [2.75, 3.05) is 14.2 Å². The van der Waals surface area contributed by atoms with Crippen LogP contribution in [0.25, 0.3) is 0 Å². The molecule has 0 aromatic heterocycles. The van der Waals surface area contributed by atoms with Gasteiger partial charge >= 0.3 is 24.9 Å². The third kappa shape index (κ3) is 18.6. The minimum Gasteiger partial charge on any atom is -0.523 e. The quantitative estimate of drug-likeness (QED) is 0.353. The number of halogens is 5. The van der Waals surface area contributed by atoms with Gasteiger partial charge in [-0.2, -0.15) is 31.7 Å². The van der Waals surface area contributed by atoms with E-state index >= 15 is 0 Å². The van der Waals surface area contributed by atoms with Crippen LogP contribution in [0.3, 0.4) is 0 Å². The summed E-state index contributed by atoms with van der Waals surface area (Å²) in [6, 6.07) is 15.8. The van der Waals surface area contributed by atoms with Gasteiger partial charge in [0.05, 0.1) is 14.2 Å². The van der Waals surface area contributed by atoms with Gasteiger partial charge in [0.1, 0.15) is 5.75 Å². The van der Waals surface area contributed by atoms with Crippen molar-refractivity contribution >= 4 is 86.8 Å². The van der Waals surface area contributed by atoms with Gasteiger partial charge in [0, 0.05) is 10.9 Å². The molecule has 0 bridgehead atoms. The molecule has 27 heavy (non-hydrogen) atoms. The molecule has 2 aromatic rings. The summed E-state index contributed by atoms with van der Waals surface area (Å²) in [4.78, 5) is 0. The van der Waals surface area contributed by atoms with Crippen LogP contribution in [0.5, 0.6) is 11.5 Å². The van der Waals surface area contributed by atoms with Crippen LogP contribution in [0, 0.1) is 6.07 Å². The molecule has 0 heterocycles. The molecule has 2 nitrogen and oxygen atoms in total. The molecular weight excluding hydrogens is 497 g/mol. The van der Waals surface area contributed by atoms with Crippen molar-refractivity contribution < 1.29 is 28.3 Å². The molecule has 0 spiro atoms. The van der Waals surface area contributed by atoms with E-state index in [0.717, 1.165) is 16.7 Å². The molecule has 148 valence electrons. The van der Waals surface area contributed by atoms with Gasteiger partial charge in [-0.05, 0) is 19.2 Å². The third-order valence-electron chi connectivity index (χ3n) is 2.48. The van der Waals surface area contributed by atoms with Gasteiger partial charge in [-0.25, -0.2) is 0 Å². The van der Waals surface area contributed by atoms with E-state index in [1.807, 2.05) is 55.1 Å². The molecule has 0 aliphatic heterocycles. The first-order valence-corrected chi connectivity index (χ1v) is 17.1. The molecule has 0 aliphatic carbocycles. The monoisotopic (exact) mass is 516 g/mol. The topological polar surface area (TPSA) is 18.5 Å². The number of para-hydroxylation sites is 2. The molecule has 0 aliphatic rings. The fraction of sp³-hybridized carbons (Fsp3) is 0.250. The normalized spacial score (nSPS) is 9.81. The molecule has 0 amide bonds. The zero-order chi connectivity index (χ0) is 19.5. The Morgan fingerprint density at radius 3 is 1.59 bits per heavy atom. The van der Waals surface area contributed by atoms with Crippen LogP contribution in [0.2, 0.25) is 13.1 Å². The van der Waals surface area contributed by atoms with Gasteiger partial charge in [-0.15, -0.1) is 67.5 Å². The van der Waals surface area contributed by atoms with E-state index in [1.54, 1.807) is 20.8 Å². The van der Waals surface area contributed by atoms with E-state index in [1.165, 1.54) is 0 Å². The van der Waals surface area contributed by atoms with E-state index in [0.29, 0.717) is 0 Å². The molecule has 2 rings (SSSR count). The molecule has 0 atom stereocenters. The Bertz CT molecular complexity index is 608. The van der Waals surface area contributed by atoms with Crippen LogP contribution < -0.4 is 33.5 Å². The molecule has 0 fully saturated rings. The average Bonchev–Trinajstić information content (AvgIpc) is 2.54. The Kier molecular flexibility index (Phi) is 20.1. The van der Waals surface area contributed by atoms with E-state index in [4.69, 9.17) is 64.9 Å². The standard InChI is InChI=1S/C8H10Cl2OSi.C7H7O.CH3Cl3Si.Li.H2S/c1-11-7-5-3-4-6-8(7)12(2,9)10;1-8-7-5-3-2-4-6-7;1-5(2,3)4;;/h3-6H,1-2H3;2-5H,1H3;1H3;;1H2/q;-1;;+1;. The first-order valence-electron chi connectivity index (χ1n) is 7.07. The van der Waals surface area contributed by atoms with Crippen LogP contribution in [0.4, 0.5) is 0 Å². The molecular formula is C16H22Cl5LiO2SSi2. The van der Waals surface area contributed by atoms with Crippen LogP contribution >= 0.6 is 68.9 Å². The van der Waals surface area contributed by atoms with Crippen molar-refractivity contribution in [1.82, 2.24) is 0 Å². The summed E-state index contributed by atoms with van der Waals surface area (Å²) in [5.41, 5.74) is 0. The molecule has 0 saturated heterocycles. The first-order chi connectivity index (χ1) is 11.5. The summed E-state index contributed by atoms with van der Waals surface area (Å²) in [5, 5.41) is 0.927. The van der Waals surface area contributed by atoms with Crippen molar-refractivity contribution in [3.8, 4) is 11.5 Å². The summed E-state index contributed by atoms with van der Waals surface area (Å²) in [6.07, 6.45) is 0. The van der Waals surface area contributed by atoms with E-state index in [9.17, 15) is 0 Å². The predicted molar refractivity (Wildman–Crippen MR) is 127 cm³/mol. The Labute approximate surface area is 206 Å². The van der Waals surface area contributed by atoms with Gasteiger partial charge in [0.25, 0.3) is 6.69 Å². The van der Waals surface area contributed by atoms with Crippen LogP contribution in [-0.4, -0.2) is 26.9 Å². The Morgan fingerprint density at radius 2 is 1.30 bits per heavy atom. The van der Waals surface area contributed by atoms with Crippen LogP contribution in [0.15, 0.2) is 48.5 Å². The maximum atomic E-state index is 6.07. The zero-order valence-corrected chi connectivity index (χ0v) is 22.6. The predicted octanol–water partition coefficient (Wildman–Crippen LogP) is 3.34. The van der Waals surface area contributed by atoms with Crippen LogP contribution in [0.1, 0.15) is 0 Å². The van der Waals surface area contributed by atoms with Crippen molar-refractivity contribution in [3.63, 3.8) is 0 Å². The fourth-order valence-corrected chi connectivity index (χ4v) is 3.45. The third-order valence-corrected chi connectivity index (χ3v) is 5.06. The first kappa shape index (κ1) is 32.5. The molecule has 2 aromatic carbocycles. The van der Waals surface area contributed by atoms with Crippen molar-refractivity contribution in [1.29, 1.82) is 0 Å². The van der Waals surface area contributed by atoms with Crippen molar-refractivity contribution in [2.24, 2.45) is 0 Å². The number of rotatable bonds is 3. The number of ether oxygens (including phenoxy) is 2. The second kappa shape index (κ2) is 16.6. The molecule has 0 radical (unpaired) electrons. The second-order valence-corrected chi connectivity index (χ2v) is 22.3. The average molecular weight is 519 g/mol.